The minimum Gasteiger partial charge on any atom is -0.176 e. The van der Waals surface area contributed by atoms with Crippen LogP contribution in [0, 0.1) is 16.7 Å². The van der Waals surface area contributed by atoms with Crippen molar-refractivity contribution < 1.29 is 0 Å². The van der Waals surface area contributed by atoms with Gasteiger partial charge in [-0.3, -0.25) is 0 Å². The van der Waals surface area contributed by atoms with Crippen molar-refractivity contribution in [3.05, 3.63) is 0 Å². The molecular formula is C10H23ClSi. The van der Waals surface area contributed by atoms with Crippen molar-refractivity contribution in [2.45, 2.75) is 47.6 Å². The topological polar surface area (TPSA) is 0 Å². The van der Waals surface area contributed by atoms with Crippen LogP contribution in [0.1, 0.15) is 41.5 Å². The molecule has 0 unspecified atom stereocenters. The van der Waals surface area contributed by atoms with Gasteiger partial charge in [-0.1, -0.05) is 41.5 Å². The van der Waals surface area contributed by atoms with Crippen molar-refractivity contribution >= 4 is 19.9 Å². The van der Waals surface area contributed by atoms with Crippen LogP contribution >= 0.6 is 11.1 Å². The molecule has 0 aliphatic carbocycles. The molecule has 0 aromatic rings. The van der Waals surface area contributed by atoms with Crippen molar-refractivity contribution in [1.29, 1.82) is 0 Å². The Balaban J connectivity index is 4.45. The molecule has 74 valence electrons. The van der Waals surface area contributed by atoms with Crippen LogP contribution in [0.3, 0.4) is 0 Å². The maximum atomic E-state index is 5.95. The first-order valence-corrected chi connectivity index (χ1v) is 7.89. The number of rotatable bonds is 2. The summed E-state index contributed by atoms with van der Waals surface area (Å²) in [5.74, 6) is 0.758. The third-order valence-corrected chi connectivity index (χ3v) is 3.94. The highest BCUT2D eigenvalue weighted by atomic mass is 35.6. The molecule has 0 aromatic heterocycles. The highest BCUT2D eigenvalue weighted by molar-refractivity contribution is 6.93. The summed E-state index contributed by atoms with van der Waals surface area (Å²) < 4.78 is 0. The monoisotopic (exact) mass is 206 g/mol. The molecule has 0 spiro atoms. The predicted octanol–water partition coefficient (Wildman–Crippen LogP) is 3.44. The van der Waals surface area contributed by atoms with Gasteiger partial charge in [0.15, 0.2) is 0 Å². The smallest absolute Gasteiger partial charge is 0.125 e. The molecule has 0 radical (unpaired) electrons. The van der Waals surface area contributed by atoms with Gasteiger partial charge >= 0.3 is 0 Å². The number of halogens is 1. The second kappa shape index (κ2) is 4.14. The summed E-state index contributed by atoms with van der Waals surface area (Å²) in [6.07, 6.45) is 0. The quantitative estimate of drug-likeness (QED) is 0.480. The minimum absolute atomic E-state index is 0.321. The van der Waals surface area contributed by atoms with E-state index in [0.29, 0.717) is 10.8 Å². The lowest BCUT2D eigenvalue weighted by Gasteiger charge is -2.40. The summed E-state index contributed by atoms with van der Waals surface area (Å²) in [6, 6.07) is 1.26. The Bertz CT molecular complexity index is 116. The first kappa shape index (κ1) is 12.5. The summed E-state index contributed by atoms with van der Waals surface area (Å²) in [4.78, 5) is 0. The molecule has 12 heavy (non-hydrogen) atoms. The van der Waals surface area contributed by atoms with Crippen LogP contribution in [0.5, 0.6) is 0 Å². The van der Waals surface area contributed by atoms with Crippen LogP contribution < -0.4 is 0 Å². The first-order valence-electron chi connectivity index (χ1n) is 4.75. The van der Waals surface area contributed by atoms with Crippen LogP contribution in [-0.4, -0.2) is 8.83 Å². The van der Waals surface area contributed by atoms with E-state index in [-0.39, 0.29) is 8.83 Å². The summed E-state index contributed by atoms with van der Waals surface area (Å²) in [7, 11) is -0.321. The molecule has 0 atom stereocenters. The van der Waals surface area contributed by atoms with Crippen molar-refractivity contribution in [3.8, 4) is 0 Å². The van der Waals surface area contributed by atoms with Crippen molar-refractivity contribution in [2.75, 3.05) is 0 Å². The van der Waals surface area contributed by atoms with E-state index in [4.69, 9.17) is 11.1 Å². The van der Waals surface area contributed by atoms with Gasteiger partial charge in [0.05, 0.1) is 0 Å². The largest absolute Gasteiger partial charge is 0.176 e. The Kier molecular flexibility index (Phi) is 4.32. The van der Waals surface area contributed by atoms with Crippen LogP contribution in [0.25, 0.3) is 0 Å². The third-order valence-electron chi connectivity index (χ3n) is 2.49. The fourth-order valence-electron chi connectivity index (χ4n) is 2.27. The van der Waals surface area contributed by atoms with E-state index in [1.54, 1.807) is 0 Å². The van der Waals surface area contributed by atoms with Gasteiger partial charge in [-0.05, 0) is 22.8 Å². The first-order chi connectivity index (χ1) is 5.19. The maximum absolute atomic E-state index is 5.95. The minimum atomic E-state index is -0.321. The normalized spacial score (nSPS) is 15.0. The Morgan fingerprint density at radius 2 is 1.33 bits per heavy atom. The zero-order valence-electron chi connectivity index (χ0n) is 9.37. The van der Waals surface area contributed by atoms with Crippen molar-refractivity contribution in [3.63, 3.8) is 0 Å². The zero-order valence-corrected chi connectivity index (χ0v) is 11.5. The highest BCUT2D eigenvalue weighted by Crippen LogP contribution is 2.42. The van der Waals surface area contributed by atoms with Crippen LogP contribution in [0.4, 0.5) is 0 Å². The molecule has 0 heterocycles. The maximum Gasteiger partial charge on any atom is 0.125 e. The second-order valence-corrected chi connectivity index (χ2v) is 7.85. The average Bonchev–Trinajstić information content (AvgIpc) is 1.77. The Labute approximate surface area is 84.6 Å². The molecule has 0 aliphatic heterocycles. The molecule has 0 nitrogen and oxygen atoms in total. The SMILES string of the molecule is CC(C)(C)C(C[SiH2]Cl)C(C)(C)C. The van der Waals surface area contributed by atoms with E-state index in [1.807, 2.05) is 0 Å². The molecule has 0 bridgehead atoms. The van der Waals surface area contributed by atoms with Crippen LogP contribution in [0.15, 0.2) is 0 Å². The van der Waals surface area contributed by atoms with E-state index < -0.39 is 0 Å². The van der Waals surface area contributed by atoms with E-state index in [9.17, 15) is 0 Å². The molecule has 0 aliphatic rings. The molecule has 0 rings (SSSR count). The molecule has 0 fully saturated rings. The Hall–Kier alpha value is 0.507. The highest BCUT2D eigenvalue weighted by Gasteiger charge is 2.33. The van der Waals surface area contributed by atoms with E-state index in [2.05, 4.69) is 41.5 Å². The van der Waals surface area contributed by atoms with Gasteiger partial charge in [-0.25, -0.2) is 0 Å². The zero-order chi connectivity index (χ0) is 9.99. The van der Waals surface area contributed by atoms with Gasteiger partial charge in [0, 0.05) is 0 Å². The summed E-state index contributed by atoms with van der Waals surface area (Å²) >= 11 is 5.95. The molecule has 2 heteroatoms. The average molecular weight is 207 g/mol. The van der Waals surface area contributed by atoms with E-state index >= 15 is 0 Å². The van der Waals surface area contributed by atoms with Gasteiger partial charge < -0.3 is 0 Å². The van der Waals surface area contributed by atoms with Crippen molar-refractivity contribution in [2.24, 2.45) is 16.7 Å². The van der Waals surface area contributed by atoms with E-state index in [1.165, 1.54) is 6.04 Å². The lowest BCUT2D eigenvalue weighted by atomic mass is 9.68. The standard InChI is InChI=1S/C10H23ClSi/c1-9(2,3)8(7-12-11)10(4,5)6/h8H,7,12H2,1-6H3. The molecule has 0 saturated carbocycles. The molecular weight excluding hydrogens is 184 g/mol. The van der Waals surface area contributed by atoms with Crippen LogP contribution in [-0.2, 0) is 0 Å². The number of hydrogen-bond donors (Lipinski definition) is 0. The Morgan fingerprint density at radius 1 is 1.00 bits per heavy atom. The molecule has 0 amide bonds. The fourth-order valence-corrected chi connectivity index (χ4v) is 4.88. The van der Waals surface area contributed by atoms with Gasteiger partial charge in [0.1, 0.15) is 8.83 Å². The predicted molar refractivity (Wildman–Crippen MR) is 61.6 cm³/mol. The molecule has 0 N–H and O–H groups in total. The fraction of sp³-hybridized carbons (Fsp3) is 1.00. The van der Waals surface area contributed by atoms with Gasteiger partial charge in [-0.15, -0.1) is 0 Å². The lowest BCUT2D eigenvalue weighted by Crippen LogP contribution is -2.32. The van der Waals surface area contributed by atoms with Crippen molar-refractivity contribution in [1.82, 2.24) is 0 Å². The molecule has 0 aromatic carbocycles. The third kappa shape index (κ3) is 3.95. The Morgan fingerprint density at radius 3 is 1.42 bits per heavy atom. The van der Waals surface area contributed by atoms with Gasteiger partial charge in [0.2, 0.25) is 0 Å². The molecule has 0 saturated heterocycles. The summed E-state index contributed by atoms with van der Waals surface area (Å²) in [5, 5.41) is 0. The van der Waals surface area contributed by atoms with Crippen LogP contribution in [0.2, 0.25) is 6.04 Å². The summed E-state index contributed by atoms with van der Waals surface area (Å²) in [5.41, 5.74) is 0.806. The number of hydrogen-bond acceptors (Lipinski definition) is 0. The van der Waals surface area contributed by atoms with Gasteiger partial charge in [-0.2, -0.15) is 11.1 Å². The summed E-state index contributed by atoms with van der Waals surface area (Å²) in [6.45, 7) is 13.9. The van der Waals surface area contributed by atoms with E-state index in [0.717, 1.165) is 5.92 Å². The lowest BCUT2D eigenvalue weighted by molar-refractivity contribution is 0.121. The van der Waals surface area contributed by atoms with Gasteiger partial charge in [0.25, 0.3) is 0 Å². The second-order valence-electron chi connectivity index (χ2n) is 5.76.